The Morgan fingerprint density at radius 2 is 1.75 bits per heavy atom. The molecule has 1 fully saturated rings. The van der Waals surface area contributed by atoms with Gasteiger partial charge < -0.3 is 10.1 Å². The Balaban J connectivity index is 1.16. The van der Waals surface area contributed by atoms with E-state index in [1.54, 1.807) is 18.4 Å². The number of rotatable bonds is 9. The van der Waals surface area contributed by atoms with Crippen molar-refractivity contribution in [3.05, 3.63) is 71.2 Å². The van der Waals surface area contributed by atoms with E-state index in [1.165, 1.54) is 5.56 Å². The van der Waals surface area contributed by atoms with Crippen molar-refractivity contribution in [1.82, 2.24) is 20.1 Å². The monoisotopic (exact) mass is 450 g/mol. The number of carbonyl (C=O) groups excluding carboxylic acids is 1. The normalized spacial score (nSPS) is 14.9. The highest BCUT2D eigenvalue weighted by atomic mass is 32.1. The zero-order chi connectivity index (χ0) is 22.2. The van der Waals surface area contributed by atoms with E-state index in [4.69, 9.17) is 9.72 Å². The van der Waals surface area contributed by atoms with Crippen molar-refractivity contribution in [3.8, 4) is 16.3 Å². The first-order valence-corrected chi connectivity index (χ1v) is 11.9. The molecule has 0 atom stereocenters. The van der Waals surface area contributed by atoms with Gasteiger partial charge in [-0.15, -0.1) is 11.3 Å². The van der Waals surface area contributed by atoms with Gasteiger partial charge in [-0.05, 0) is 18.1 Å². The molecule has 0 saturated carbocycles. The van der Waals surface area contributed by atoms with Gasteiger partial charge in [0.15, 0.2) is 0 Å². The van der Waals surface area contributed by atoms with Crippen LogP contribution in [-0.2, 0) is 17.8 Å². The molecule has 6 nitrogen and oxygen atoms in total. The van der Waals surface area contributed by atoms with E-state index in [0.717, 1.165) is 61.2 Å². The number of nitrogens with zero attached hydrogens (tertiary/aromatic N) is 3. The van der Waals surface area contributed by atoms with Crippen LogP contribution >= 0.6 is 11.3 Å². The first kappa shape index (κ1) is 22.5. The third kappa shape index (κ3) is 6.16. The molecule has 1 N–H and O–H groups in total. The Hall–Kier alpha value is -2.74. The summed E-state index contributed by atoms with van der Waals surface area (Å²) in [6.07, 6.45) is 0.766. The summed E-state index contributed by atoms with van der Waals surface area (Å²) in [7, 11) is 1.67. The lowest BCUT2D eigenvalue weighted by atomic mass is 10.1. The molecule has 4 rings (SSSR count). The van der Waals surface area contributed by atoms with E-state index < -0.39 is 0 Å². The van der Waals surface area contributed by atoms with Crippen molar-refractivity contribution < 1.29 is 9.53 Å². The number of aromatic nitrogens is 1. The van der Waals surface area contributed by atoms with Crippen molar-refractivity contribution in [3.63, 3.8) is 0 Å². The SMILES string of the molecule is COc1ccccc1CCNC(=O)CN1CCN(Cc2csc(-c3ccccc3)n2)CC1. The number of benzene rings is 2. The molecular formula is C25H30N4O2S. The largest absolute Gasteiger partial charge is 0.496 e. The first-order chi connectivity index (χ1) is 15.7. The topological polar surface area (TPSA) is 57.7 Å². The summed E-state index contributed by atoms with van der Waals surface area (Å²) in [6.45, 7) is 5.63. The predicted molar refractivity (Wildman–Crippen MR) is 129 cm³/mol. The molecule has 7 heteroatoms. The van der Waals surface area contributed by atoms with Crippen LogP contribution in [0.4, 0.5) is 0 Å². The number of amides is 1. The first-order valence-electron chi connectivity index (χ1n) is 11.0. The van der Waals surface area contributed by atoms with Gasteiger partial charge in [-0.25, -0.2) is 4.98 Å². The maximum atomic E-state index is 12.4. The summed E-state index contributed by atoms with van der Waals surface area (Å²) >= 11 is 1.70. The van der Waals surface area contributed by atoms with Gasteiger partial charge in [-0.2, -0.15) is 0 Å². The molecule has 168 valence electrons. The van der Waals surface area contributed by atoms with Crippen molar-refractivity contribution in [2.45, 2.75) is 13.0 Å². The van der Waals surface area contributed by atoms with Gasteiger partial charge in [-0.1, -0.05) is 48.5 Å². The quantitative estimate of drug-likeness (QED) is 0.542. The number of hydrogen-bond acceptors (Lipinski definition) is 6. The van der Waals surface area contributed by atoms with Crippen LogP contribution in [0, 0.1) is 0 Å². The number of piperazine rings is 1. The Labute approximate surface area is 193 Å². The van der Waals surface area contributed by atoms with Crippen molar-refractivity contribution in [1.29, 1.82) is 0 Å². The zero-order valence-corrected chi connectivity index (χ0v) is 19.3. The lowest BCUT2D eigenvalue weighted by molar-refractivity contribution is -0.122. The van der Waals surface area contributed by atoms with Crippen LogP contribution in [0.3, 0.4) is 0 Å². The summed E-state index contributed by atoms with van der Waals surface area (Å²) in [4.78, 5) is 21.8. The van der Waals surface area contributed by atoms with Gasteiger partial charge >= 0.3 is 0 Å². The lowest BCUT2D eigenvalue weighted by Crippen LogP contribution is -2.49. The van der Waals surface area contributed by atoms with Crippen molar-refractivity contribution in [2.75, 3.05) is 46.4 Å². The second-order valence-electron chi connectivity index (χ2n) is 7.97. The molecule has 0 aliphatic carbocycles. The van der Waals surface area contributed by atoms with E-state index in [0.29, 0.717) is 13.1 Å². The fourth-order valence-corrected chi connectivity index (χ4v) is 4.75. The Bertz CT molecular complexity index is 1000. The molecule has 2 heterocycles. The van der Waals surface area contributed by atoms with E-state index in [-0.39, 0.29) is 5.91 Å². The number of hydrogen-bond donors (Lipinski definition) is 1. The molecule has 1 saturated heterocycles. The smallest absolute Gasteiger partial charge is 0.234 e. The van der Waals surface area contributed by atoms with E-state index in [2.05, 4.69) is 32.6 Å². The minimum absolute atomic E-state index is 0.0837. The van der Waals surface area contributed by atoms with Crippen LogP contribution in [-0.4, -0.2) is 67.1 Å². The number of para-hydroxylation sites is 1. The molecule has 0 radical (unpaired) electrons. The number of ether oxygens (including phenoxy) is 1. The minimum Gasteiger partial charge on any atom is -0.496 e. The molecule has 0 spiro atoms. The third-order valence-electron chi connectivity index (χ3n) is 5.70. The highest BCUT2D eigenvalue weighted by Gasteiger charge is 2.20. The van der Waals surface area contributed by atoms with E-state index in [1.807, 2.05) is 42.5 Å². The molecule has 2 aromatic carbocycles. The minimum atomic E-state index is 0.0837. The van der Waals surface area contributed by atoms with Crippen molar-refractivity contribution in [2.24, 2.45) is 0 Å². The maximum Gasteiger partial charge on any atom is 0.234 e. The maximum absolute atomic E-state index is 12.4. The summed E-state index contributed by atoms with van der Waals surface area (Å²) < 4.78 is 5.37. The highest BCUT2D eigenvalue weighted by Crippen LogP contribution is 2.24. The molecule has 1 aliphatic heterocycles. The van der Waals surface area contributed by atoms with Crippen molar-refractivity contribution >= 4 is 17.2 Å². The number of methoxy groups -OCH3 is 1. The second-order valence-corrected chi connectivity index (χ2v) is 8.83. The Morgan fingerprint density at radius 3 is 2.53 bits per heavy atom. The summed E-state index contributed by atoms with van der Waals surface area (Å²) in [6, 6.07) is 18.3. The Kier molecular flexibility index (Phi) is 7.87. The summed E-state index contributed by atoms with van der Waals surface area (Å²) in [5.41, 5.74) is 3.41. The molecule has 32 heavy (non-hydrogen) atoms. The van der Waals surface area contributed by atoms with Crippen LogP contribution in [0.25, 0.3) is 10.6 Å². The molecule has 1 aliphatic rings. The van der Waals surface area contributed by atoms with Gasteiger partial charge in [0.05, 0.1) is 19.3 Å². The molecule has 0 unspecified atom stereocenters. The van der Waals surface area contributed by atoms with Gasteiger partial charge in [0.1, 0.15) is 10.8 Å². The molecule has 0 bridgehead atoms. The summed E-state index contributed by atoms with van der Waals surface area (Å²) in [5.74, 6) is 0.953. The average molecular weight is 451 g/mol. The van der Waals surface area contributed by atoms with Gasteiger partial charge in [0, 0.05) is 50.2 Å². The van der Waals surface area contributed by atoms with Crippen LogP contribution < -0.4 is 10.1 Å². The number of nitrogens with one attached hydrogen (secondary N) is 1. The number of carbonyl (C=O) groups is 1. The van der Waals surface area contributed by atoms with Crippen LogP contribution in [0.1, 0.15) is 11.3 Å². The fourth-order valence-electron chi connectivity index (χ4n) is 3.93. The molecule has 1 amide bonds. The van der Waals surface area contributed by atoms with Crippen LogP contribution in [0.2, 0.25) is 0 Å². The average Bonchev–Trinajstić information content (AvgIpc) is 3.30. The molecular weight excluding hydrogens is 420 g/mol. The molecule has 1 aromatic heterocycles. The van der Waals surface area contributed by atoms with Gasteiger partial charge in [0.2, 0.25) is 5.91 Å². The van der Waals surface area contributed by atoms with E-state index >= 15 is 0 Å². The van der Waals surface area contributed by atoms with Gasteiger partial charge in [-0.3, -0.25) is 14.6 Å². The second kappa shape index (κ2) is 11.2. The predicted octanol–water partition coefficient (Wildman–Crippen LogP) is 3.30. The Morgan fingerprint density at radius 1 is 1.03 bits per heavy atom. The van der Waals surface area contributed by atoms with Crippen LogP contribution in [0.15, 0.2) is 60.0 Å². The summed E-state index contributed by atoms with van der Waals surface area (Å²) in [5, 5.41) is 6.27. The third-order valence-corrected chi connectivity index (χ3v) is 6.64. The van der Waals surface area contributed by atoms with Crippen LogP contribution in [0.5, 0.6) is 5.75 Å². The zero-order valence-electron chi connectivity index (χ0n) is 18.5. The van der Waals surface area contributed by atoms with E-state index in [9.17, 15) is 4.79 Å². The fraction of sp³-hybridized carbons (Fsp3) is 0.360. The standard InChI is InChI=1S/C25H30N4O2S/c1-31-23-10-6-5-7-20(23)11-12-26-24(30)18-29-15-13-28(14-16-29)17-22-19-32-25(27-22)21-8-3-2-4-9-21/h2-10,19H,11-18H2,1H3,(H,26,30). The number of thiazole rings is 1. The lowest BCUT2D eigenvalue weighted by Gasteiger charge is -2.33. The highest BCUT2D eigenvalue weighted by molar-refractivity contribution is 7.13. The molecule has 3 aromatic rings. The van der Waals surface area contributed by atoms with Gasteiger partial charge in [0.25, 0.3) is 0 Å².